The van der Waals surface area contributed by atoms with Gasteiger partial charge in [-0.3, -0.25) is 23.9 Å². The molecular formula is C31H40N8O6. The van der Waals surface area contributed by atoms with Crippen LogP contribution in [0.4, 0.5) is 0 Å². The zero-order chi connectivity index (χ0) is 32.2. The smallest absolute Gasteiger partial charge is 0.274 e. The second kappa shape index (κ2) is 16.3. The summed E-state index contributed by atoms with van der Waals surface area (Å²) >= 11 is 0. The summed E-state index contributed by atoms with van der Waals surface area (Å²) in [6.07, 6.45) is 4.18. The summed E-state index contributed by atoms with van der Waals surface area (Å²) in [4.78, 5) is 57.9. The number of unbranched alkanes of at least 4 members (excludes halogenated alkanes) is 1. The first kappa shape index (κ1) is 33.1. The normalized spacial score (nSPS) is 21.1. The summed E-state index contributed by atoms with van der Waals surface area (Å²) < 4.78 is 7.48. The Balaban J connectivity index is 1.63. The van der Waals surface area contributed by atoms with Crippen molar-refractivity contribution in [1.29, 1.82) is 0 Å². The maximum Gasteiger partial charge on any atom is 0.274 e. The van der Waals surface area contributed by atoms with Gasteiger partial charge in [-0.15, -0.1) is 5.10 Å². The molecule has 0 fully saturated rings. The third kappa shape index (κ3) is 9.57. The van der Waals surface area contributed by atoms with E-state index in [9.17, 15) is 24.3 Å². The van der Waals surface area contributed by atoms with Crippen LogP contribution in [0.1, 0.15) is 61.3 Å². The first-order valence-electron chi connectivity index (χ1n) is 15.1. The molecule has 1 aromatic carbocycles. The Morgan fingerprint density at radius 2 is 1.80 bits per heavy atom. The lowest BCUT2D eigenvalue weighted by Crippen LogP contribution is -2.60. The second-order valence-corrected chi connectivity index (χ2v) is 10.9. The number of nitrogens with one attached hydrogen (secondary N) is 4. The van der Waals surface area contributed by atoms with Crippen molar-refractivity contribution in [2.24, 2.45) is 0 Å². The molecule has 3 heterocycles. The van der Waals surface area contributed by atoms with Crippen LogP contribution < -0.4 is 26.0 Å². The Bertz CT molecular complexity index is 1450. The van der Waals surface area contributed by atoms with E-state index in [-0.39, 0.29) is 37.4 Å². The van der Waals surface area contributed by atoms with Gasteiger partial charge < -0.3 is 31.1 Å². The van der Waals surface area contributed by atoms with Crippen molar-refractivity contribution in [2.75, 3.05) is 6.61 Å². The van der Waals surface area contributed by atoms with Gasteiger partial charge in [-0.05, 0) is 31.0 Å². The van der Waals surface area contributed by atoms with Crippen molar-refractivity contribution in [1.82, 2.24) is 41.2 Å². The standard InChI is InChI=1S/C31H40N8O6/c1-3-4-12-23-29(42)36-26(20(2)40)30(43)35-24(17-21-10-6-5-7-11-21)28(41)33-18-22-19-39(38-37-22)15-9-16-45-25-13-8-14-32-27(25)31(44)34-23/h5-8,10-11,13-14,19-20,23-24,26,40H,3-4,9,12,15-18H2,1-2H3,(H,33,41)(H,34,44)(H,35,43)(H,36,42)/t20-,23+,24-,26+/m1/s1. The highest BCUT2D eigenvalue weighted by molar-refractivity contribution is 5.99. The number of hydrogen-bond acceptors (Lipinski definition) is 9. The molecule has 4 atom stereocenters. The number of nitrogens with zero attached hydrogens (tertiary/aromatic N) is 4. The summed E-state index contributed by atoms with van der Waals surface area (Å²) in [5.41, 5.74) is 1.32. The summed E-state index contributed by atoms with van der Waals surface area (Å²) in [5, 5.41) is 29.6. The van der Waals surface area contributed by atoms with Gasteiger partial charge in [0, 0.05) is 25.6 Å². The fraction of sp³-hybridized carbons (Fsp3) is 0.452. The highest BCUT2D eigenvalue weighted by Gasteiger charge is 2.33. The molecule has 2 aromatic heterocycles. The Hall–Kier alpha value is -4.85. The van der Waals surface area contributed by atoms with Crippen LogP contribution in [-0.4, -0.2) is 79.5 Å². The summed E-state index contributed by atoms with van der Waals surface area (Å²) in [6, 6.07) is 8.94. The average Bonchev–Trinajstić information content (AvgIpc) is 3.49. The molecule has 3 aromatic rings. The van der Waals surface area contributed by atoms with E-state index in [1.54, 1.807) is 23.0 Å². The largest absolute Gasteiger partial charge is 0.491 e. The highest BCUT2D eigenvalue weighted by Crippen LogP contribution is 2.17. The predicted molar refractivity (Wildman–Crippen MR) is 163 cm³/mol. The van der Waals surface area contributed by atoms with Gasteiger partial charge in [0.25, 0.3) is 5.91 Å². The van der Waals surface area contributed by atoms with E-state index in [1.165, 1.54) is 13.1 Å². The number of fused-ring (bicyclic) bond motifs is 3. The lowest BCUT2D eigenvalue weighted by atomic mass is 10.0. The zero-order valence-corrected chi connectivity index (χ0v) is 25.4. The van der Waals surface area contributed by atoms with Crippen molar-refractivity contribution in [3.05, 3.63) is 71.8 Å². The number of carbonyl (C=O) groups excluding carboxylic acids is 4. The lowest BCUT2D eigenvalue weighted by molar-refractivity contribution is -0.134. The van der Waals surface area contributed by atoms with Crippen LogP contribution in [0.15, 0.2) is 54.9 Å². The fourth-order valence-electron chi connectivity index (χ4n) is 4.80. The van der Waals surface area contributed by atoms with E-state index < -0.39 is 47.9 Å². The number of carbonyl (C=O) groups is 4. The monoisotopic (exact) mass is 620 g/mol. The molecule has 0 unspecified atom stereocenters. The van der Waals surface area contributed by atoms with Crippen LogP contribution in [0.2, 0.25) is 0 Å². The fourth-order valence-corrected chi connectivity index (χ4v) is 4.80. The van der Waals surface area contributed by atoms with Crippen LogP contribution in [0.25, 0.3) is 0 Å². The minimum absolute atomic E-state index is 0.0129. The molecule has 1 aliphatic rings. The van der Waals surface area contributed by atoms with Crippen LogP contribution in [0.3, 0.4) is 0 Å². The molecular weight excluding hydrogens is 580 g/mol. The second-order valence-electron chi connectivity index (χ2n) is 10.9. The summed E-state index contributed by atoms with van der Waals surface area (Å²) in [7, 11) is 0. The third-order valence-electron chi connectivity index (χ3n) is 7.25. The summed E-state index contributed by atoms with van der Waals surface area (Å²) in [5.74, 6) is -2.26. The van der Waals surface area contributed by atoms with Crippen LogP contribution in [0, 0.1) is 0 Å². The number of amides is 4. The van der Waals surface area contributed by atoms with E-state index in [0.717, 1.165) is 12.0 Å². The maximum atomic E-state index is 13.5. The van der Waals surface area contributed by atoms with Crippen LogP contribution in [0.5, 0.6) is 5.75 Å². The molecule has 14 nitrogen and oxygen atoms in total. The molecule has 0 saturated heterocycles. The molecule has 0 spiro atoms. The lowest BCUT2D eigenvalue weighted by Gasteiger charge is -2.27. The van der Waals surface area contributed by atoms with Gasteiger partial charge in [0.2, 0.25) is 17.7 Å². The van der Waals surface area contributed by atoms with E-state index in [4.69, 9.17) is 4.74 Å². The van der Waals surface area contributed by atoms with Gasteiger partial charge in [-0.25, -0.2) is 4.98 Å². The Morgan fingerprint density at radius 3 is 2.56 bits per heavy atom. The third-order valence-corrected chi connectivity index (χ3v) is 7.25. The minimum atomic E-state index is -1.41. The van der Waals surface area contributed by atoms with Crippen LogP contribution >= 0.6 is 0 Å². The first-order valence-corrected chi connectivity index (χ1v) is 15.1. The quantitative estimate of drug-likeness (QED) is 0.264. The van der Waals surface area contributed by atoms with Gasteiger partial charge in [0.1, 0.15) is 23.8 Å². The molecule has 5 N–H and O–H groups in total. The van der Waals surface area contributed by atoms with Crippen molar-refractivity contribution >= 4 is 23.6 Å². The van der Waals surface area contributed by atoms with Gasteiger partial charge >= 0.3 is 0 Å². The number of hydrogen-bond donors (Lipinski definition) is 5. The Labute approximate surface area is 261 Å². The zero-order valence-electron chi connectivity index (χ0n) is 25.4. The van der Waals surface area contributed by atoms with E-state index in [1.807, 2.05) is 37.3 Å². The Morgan fingerprint density at radius 1 is 1.00 bits per heavy atom. The molecule has 1 aliphatic heterocycles. The SMILES string of the molecule is CCCC[C@@H]1NC(=O)c2ncccc2OCCCn2cc(nn2)CNC(=O)[C@@H](Cc2ccccc2)NC(=O)[C@H]([C@@H](C)O)NC1=O. The van der Waals surface area contributed by atoms with Gasteiger partial charge in [-0.2, -0.15) is 0 Å². The van der Waals surface area contributed by atoms with Crippen molar-refractivity contribution in [3.63, 3.8) is 0 Å². The molecule has 14 heteroatoms. The summed E-state index contributed by atoms with van der Waals surface area (Å²) in [6.45, 7) is 4.10. The van der Waals surface area contributed by atoms with E-state index in [2.05, 4.69) is 36.6 Å². The van der Waals surface area contributed by atoms with Crippen molar-refractivity contribution in [2.45, 2.75) is 83.3 Å². The highest BCUT2D eigenvalue weighted by atomic mass is 16.5. The number of pyridine rings is 1. The number of benzene rings is 1. The predicted octanol–water partition coefficient (Wildman–Crippen LogP) is 0.654. The number of rotatable bonds is 6. The molecule has 2 bridgehead atoms. The molecule has 45 heavy (non-hydrogen) atoms. The Kier molecular flexibility index (Phi) is 12.0. The number of ether oxygens (including phenoxy) is 1. The number of aromatic nitrogens is 4. The van der Waals surface area contributed by atoms with E-state index >= 15 is 0 Å². The van der Waals surface area contributed by atoms with Crippen LogP contribution in [-0.2, 0) is 33.9 Å². The molecule has 4 amide bonds. The van der Waals surface area contributed by atoms with Crippen molar-refractivity contribution < 1.29 is 29.0 Å². The molecule has 0 aliphatic carbocycles. The molecule has 240 valence electrons. The number of aryl methyl sites for hydroxylation is 1. The van der Waals surface area contributed by atoms with Gasteiger partial charge in [-0.1, -0.05) is 55.3 Å². The van der Waals surface area contributed by atoms with Gasteiger partial charge in [0.05, 0.1) is 25.5 Å². The molecule has 0 radical (unpaired) electrons. The topological polar surface area (TPSA) is 189 Å². The number of aliphatic hydroxyl groups excluding tert-OH is 1. The van der Waals surface area contributed by atoms with E-state index in [0.29, 0.717) is 25.1 Å². The number of aliphatic hydroxyl groups is 1. The minimum Gasteiger partial charge on any atom is -0.491 e. The molecule has 4 rings (SSSR count). The van der Waals surface area contributed by atoms with Gasteiger partial charge in [0.15, 0.2) is 11.4 Å². The average molecular weight is 621 g/mol. The maximum absolute atomic E-state index is 13.5. The van der Waals surface area contributed by atoms with Crippen molar-refractivity contribution in [3.8, 4) is 5.75 Å². The first-order chi connectivity index (χ1) is 21.7. The molecule has 0 saturated carbocycles.